The third-order valence-corrected chi connectivity index (χ3v) is 5.49. The summed E-state index contributed by atoms with van der Waals surface area (Å²) < 4.78 is 7.45. The lowest BCUT2D eigenvalue weighted by molar-refractivity contribution is 0.575. The second-order valence-corrected chi connectivity index (χ2v) is 7.25. The van der Waals surface area contributed by atoms with Crippen LogP contribution >= 0.6 is 35.0 Å². The Hall–Kier alpha value is -2.21. The quantitative estimate of drug-likeness (QED) is 0.377. The van der Waals surface area contributed by atoms with E-state index < -0.39 is 0 Å². The molecule has 0 atom stereocenters. The van der Waals surface area contributed by atoms with Crippen molar-refractivity contribution >= 4 is 35.0 Å². The van der Waals surface area contributed by atoms with Crippen molar-refractivity contribution in [1.82, 2.24) is 14.8 Å². The van der Waals surface area contributed by atoms with Crippen LogP contribution in [-0.2, 0) is 5.75 Å². The Labute approximate surface area is 164 Å². The standard InChI is InChI=1S/C19H13Cl2N3OS/c20-15-9-8-14(11-16(15)21)24-18(17-7-4-10-25-17)22-23-19(24)26-12-13-5-2-1-3-6-13/h1-11H,12H2. The summed E-state index contributed by atoms with van der Waals surface area (Å²) in [5.41, 5.74) is 2.03. The van der Waals surface area contributed by atoms with Crippen LogP contribution in [0.3, 0.4) is 0 Å². The van der Waals surface area contributed by atoms with Crippen molar-refractivity contribution in [2.75, 3.05) is 0 Å². The van der Waals surface area contributed by atoms with E-state index in [1.54, 1.807) is 30.2 Å². The van der Waals surface area contributed by atoms with Gasteiger partial charge in [-0.2, -0.15) is 0 Å². The van der Waals surface area contributed by atoms with E-state index in [9.17, 15) is 0 Å². The van der Waals surface area contributed by atoms with E-state index >= 15 is 0 Å². The highest BCUT2D eigenvalue weighted by Crippen LogP contribution is 2.32. The second-order valence-electron chi connectivity index (χ2n) is 5.49. The van der Waals surface area contributed by atoms with Gasteiger partial charge in [0.2, 0.25) is 5.82 Å². The Bertz CT molecular complexity index is 1020. The number of hydrogen-bond donors (Lipinski definition) is 0. The van der Waals surface area contributed by atoms with Crippen LogP contribution in [0, 0.1) is 0 Å². The summed E-state index contributed by atoms with van der Waals surface area (Å²) in [5, 5.41) is 10.4. The van der Waals surface area contributed by atoms with Gasteiger partial charge in [-0.05, 0) is 35.9 Å². The van der Waals surface area contributed by atoms with Crippen LogP contribution < -0.4 is 0 Å². The molecule has 2 aromatic heterocycles. The number of thioether (sulfide) groups is 1. The van der Waals surface area contributed by atoms with Crippen LogP contribution in [0.25, 0.3) is 17.3 Å². The summed E-state index contributed by atoms with van der Waals surface area (Å²) in [7, 11) is 0. The van der Waals surface area contributed by atoms with Gasteiger partial charge in [0.25, 0.3) is 0 Å². The fraction of sp³-hybridized carbons (Fsp3) is 0.0526. The van der Waals surface area contributed by atoms with Crippen molar-refractivity contribution in [3.8, 4) is 17.3 Å². The minimum absolute atomic E-state index is 0.474. The van der Waals surface area contributed by atoms with Crippen molar-refractivity contribution in [1.29, 1.82) is 0 Å². The zero-order valence-electron chi connectivity index (χ0n) is 13.5. The summed E-state index contributed by atoms with van der Waals surface area (Å²) in [6.45, 7) is 0. The molecule has 4 nitrogen and oxygen atoms in total. The first-order valence-electron chi connectivity index (χ1n) is 7.84. The zero-order chi connectivity index (χ0) is 17.9. The molecule has 4 aromatic rings. The van der Waals surface area contributed by atoms with E-state index in [2.05, 4.69) is 22.3 Å². The first kappa shape index (κ1) is 17.2. The van der Waals surface area contributed by atoms with Gasteiger partial charge in [-0.3, -0.25) is 4.57 Å². The molecule has 7 heteroatoms. The molecule has 0 radical (unpaired) electrons. The number of nitrogens with zero attached hydrogens (tertiary/aromatic N) is 3. The maximum atomic E-state index is 6.22. The summed E-state index contributed by atoms with van der Waals surface area (Å²) in [6, 6.07) is 19.3. The van der Waals surface area contributed by atoms with Gasteiger partial charge in [-0.25, -0.2) is 0 Å². The number of halogens is 2. The first-order chi connectivity index (χ1) is 12.7. The second kappa shape index (κ2) is 7.58. The highest BCUT2D eigenvalue weighted by Gasteiger charge is 2.18. The Morgan fingerprint density at radius 1 is 0.923 bits per heavy atom. The van der Waals surface area contributed by atoms with Gasteiger partial charge in [-0.15, -0.1) is 10.2 Å². The number of rotatable bonds is 5. The minimum atomic E-state index is 0.474. The molecule has 26 heavy (non-hydrogen) atoms. The molecule has 4 rings (SSSR count). The van der Waals surface area contributed by atoms with Crippen LogP contribution in [0.1, 0.15) is 5.56 Å². The minimum Gasteiger partial charge on any atom is -0.461 e. The van der Waals surface area contributed by atoms with Crippen molar-refractivity contribution in [3.63, 3.8) is 0 Å². The molecule has 0 aliphatic carbocycles. The third kappa shape index (κ3) is 3.51. The molecule has 0 bridgehead atoms. The monoisotopic (exact) mass is 401 g/mol. The molecule has 0 aliphatic heterocycles. The van der Waals surface area contributed by atoms with Gasteiger partial charge in [0, 0.05) is 5.75 Å². The molecule has 0 saturated carbocycles. The molecule has 0 aliphatic rings. The smallest absolute Gasteiger partial charge is 0.205 e. The maximum Gasteiger partial charge on any atom is 0.205 e. The van der Waals surface area contributed by atoms with E-state index in [-0.39, 0.29) is 0 Å². The lowest BCUT2D eigenvalue weighted by Gasteiger charge is -2.10. The van der Waals surface area contributed by atoms with E-state index in [0.29, 0.717) is 21.6 Å². The van der Waals surface area contributed by atoms with Gasteiger partial charge in [0.15, 0.2) is 10.9 Å². The Morgan fingerprint density at radius 3 is 2.50 bits per heavy atom. The molecular formula is C19H13Cl2N3OS. The fourth-order valence-corrected chi connectivity index (χ4v) is 3.71. The molecule has 2 heterocycles. The predicted molar refractivity (Wildman–Crippen MR) is 105 cm³/mol. The molecule has 0 amide bonds. The highest BCUT2D eigenvalue weighted by atomic mass is 35.5. The summed E-state index contributed by atoms with van der Waals surface area (Å²) >= 11 is 13.9. The van der Waals surface area contributed by atoms with Crippen LogP contribution in [0.5, 0.6) is 0 Å². The molecule has 0 unspecified atom stereocenters. The van der Waals surface area contributed by atoms with Crippen molar-refractivity contribution < 1.29 is 4.42 Å². The SMILES string of the molecule is Clc1ccc(-n2c(SCc3ccccc3)nnc2-c2ccco2)cc1Cl. The molecule has 130 valence electrons. The lowest BCUT2D eigenvalue weighted by Crippen LogP contribution is -1.99. The van der Waals surface area contributed by atoms with Crippen molar-refractivity contribution in [2.24, 2.45) is 0 Å². The Balaban J connectivity index is 1.75. The van der Waals surface area contributed by atoms with E-state index in [0.717, 1.165) is 16.6 Å². The fourth-order valence-electron chi connectivity index (χ4n) is 2.51. The zero-order valence-corrected chi connectivity index (χ0v) is 15.8. The average Bonchev–Trinajstić information content (AvgIpc) is 3.32. The van der Waals surface area contributed by atoms with Crippen LogP contribution in [-0.4, -0.2) is 14.8 Å². The van der Waals surface area contributed by atoms with Crippen LogP contribution in [0.2, 0.25) is 10.0 Å². The average molecular weight is 402 g/mol. The van der Waals surface area contributed by atoms with Gasteiger partial charge in [0.1, 0.15) is 0 Å². The molecule has 0 spiro atoms. The van der Waals surface area contributed by atoms with E-state index in [4.69, 9.17) is 27.6 Å². The van der Waals surface area contributed by atoms with Gasteiger partial charge < -0.3 is 4.42 Å². The molecular weight excluding hydrogens is 389 g/mol. The summed E-state index contributed by atoms with van der Waals surface area (Å²) in [5.74, 6) is 2.03. The first-order valence-corrected chi connectivity index (χ1v) is 9.58. The normalized spacial score (nSPS) is 11.0. The van der Waals surface area contributed by atoms with Crippen LogP contribution in [0.15, 0.2) is 76.5 Å². The molecule has 0 fully saturated rings. The largest absolute Gasteiger partial charge is 0.461 e. The van der Waals surface area contributed by atoms with Crippen molar-refractivity contribution in [2.45, 2.75) is 10.9 Å². The number of benzene rings is 2. The van der Waals surface area contributed by atoms with E-state index in [1.165, 1.54) is 5.56 Å². The summed E-state index contributed by atoms with van der Waals surface area (Å²) in [4.78, 5) is 0. The van der Waals surface area contributed by atoms with Crippen molar-refractivity contribution in [3.05, 3.63) is 82.5 Å². The topological polar surface area (TPSA) is 43.9 Å². The lowest BCUT2D eigenvalue weighted by atomic mass is 10.2. The molecule has 0 saturated heterocycles. The van der Waals surface area contributed by atoms with Gasteiger partial charge >= 0.3 is 0 Å². The molecule has 0 N–H and O–H groups in total. The van der Waals surface area contributed by atoms with Gasteiger partial charge in [0.05, 0.1) is 22.0 Å². The Kier molecular flexibility index (Phi) is 5.02. The Morgan fingerprint density at radius 2 is 1.77 bits per heavy atom. The number of furan rings is 1. The number of hydrogen-bond acceptors (Lipinski definition) is 4. The summed E-state index contributed by atoms with van der Waals surface area (Å²) in [6.07, 6.45) is 1.61. The predicted octanol–water partition coefficient (Wildman–Crippen LogP) is 6.13. The van der Waals surface area contributed by atoms with E-state index in [1.807, 2.05) is 41.0 Å². The molecule has 2 aromatic carbocycles. The highest BCUT2D eigenvalue weighted by molar-refractivity contribution is 7.98. The number of aromatic nitrogens is 3. The third-order valence-electron chi connectivity index (χ3n) is 3.75. The van der Waals surface area contributed by atoms with Gasteiger partial charge in [-0.1, -0.05) is 65.3 Å². The van der Waals surface area contributed by atoms with Crippen LogP contribution in [0.4, 0.5) is 0 Å². The maximum absolute atomic E-state index is 6.22.